The molecule has 2 saturated heterocycles. The number of carbonyl (C=O) groups is 1. The topological polar surface area (TPSA) is 71.0 Å². The lowest BCUT2D eigenvalue weighted by molar-refractivity contribution is -0.158. The van der Waals surface area contributed by atoms with Crippen molar-refractivity contribution >= 4 is 17.5 Å². The van der Waals surface area contributed by atoms with E-state index in [1.54, 1.807) is 0 Å². The van der Waals surface area contributed by atoms with Crippen molar-refractivity contribution in [2.75, 3.05) is 26.3 Å². The van der Waals surface area contributed by atoms with Gasteiger partial charge in [-0.3, -0.25) is 9.69 Å². The number of aliphatic hydroxyl groups is 1. The molecule has 1 amide bonds. The zero-order valence-corrected chi connectivity index (χ0v) is 19.6. The second-order valence-corrected chi connectivity index (χ2v) is 9.41. The average Bonchev–Trinajstić information content (AvgIpc) is 2.80. The number of amides is 1. The van der Waals surface area contributed by atoms with Crippen LogP contribution in [0.15, 0.2) is 54.6 Å². The van der Waals surface area contributed by atoms with Crippen LogP contribution in [0.2, 0.25) is 5.02 Å². The van der Waals surface area contributed by atoms with Crippen LogP contribution in [0.5, 0.6) is 0 Å². The van der Waals surface area contributed by atoms with Gasteiger partial charge in [0.25, 0.3) is 0 Å². The summed E-state index contributed by atoms with van der Waals surface area (Å²) in [5.74, 6) is 0.0228. The molecule has 2 aromatic rings. The minimum Gasteiger partial charge on any atom is -0.389 e. The van der Waals surface area contributed by atoms with Gasteiger partial charge in [-0.2, -0.15) is 0 Å². The number of ether oxygens (including phenoxy) is 2. The lowest BCUT2D eigenvalue weighted by Crippen LogP contribution is -2.55. The Morgan fingerprint density at radius 1 is 1.06 bits per heavy atom. The number of nitrogens with zero attached hydrogens (tertiary/aromatic N) is 1. The van der Waals surface area contributed by atoms with Gasteiger partial charge in [0.1, 0.15) is 0 Å². The smallest absolute Gasteiger partial charge is 0.222 e. The third-order valence-electron chi connectivity index (χ3n) is 6.38. The van der Waals surface area contributed by atoms with E-state index < -0.39 is 6.10 Å². The van der Waals surface area contributed by atoms with Gasteiger partial charge in [0.2, 0.25) is 5.91 Å². The Bertz CT molecular complexity index is 880. The molecule has 33 heavy (non-hydrogen) atoms. The first kappa shape index (κ1) is 24.2. The summed E-state index contributed by atoms with van der Waals surface area (Å²) in [4.78, 5) is 14.8. The van der Waals surface area contributed by atoms with Crippen molar-refractivity contribution in [2.45, 2.75) is 56.6 Å². The zero-order valence-electron chi connectivity index (χ0n) is 18.9. The summed E-state index contributed by atoms with van der Waals surface area (Å²) >= 11 is 6.03. The molecular formula is C26H33ClN2O4. The first-order chi connectivity index (χ1) is 16.1. The standard InChI is InChI=1S/C26H33ClN2O4/c27-21-8-6-20(7-9-21)15-29-16-22(30)17-32-18-25-24(29)11-10-23(33-25)14-26(31)28-13-12-19-4-2-1-3-5-19/h1-9,22-25,30H,10-18H2,(H,28,31)/t22-,23+,24+,25-/m0/s1. The molecular weight excluding hydrogens is 440 g/mol. The Hall–Kier alpha value is -1.96. The van der Waals surface area contributed by atoms with Gasteiger partial charge in [0, 0.05) is 30.7 Å². The highest BCUT2D eigenvalue weighted by molar-refractivity contribution is 6.30. The first-order valence-corrected chi connectivity index (χ1v) is 12.1. The highest BCUT2D eigenvalue weighted by Gasteiger charge is 2.38. The molecule has 4 atom stereocenters. The number of benzene rings is 2. The predicted molar refractivity (Wildman–Crippen MR) is 128 cm³/mol. The van der Waals surface area contributed by atoms with Crippen LogP contribution in [-0.2, 0) is 27.2 Å². The lowest BCUT2D eigenvalue weighted by Gasteiger charge is -2.44. The fourth-order valence-electron chi connectivity index (χ4n) is 4.72. The van der Waals surface area contributed by atoms with Gasteiger partial charge in [0.05, 0.1) is 37.9 Å². The maximum atomic E-state index is 12.5. The number of fused-ring (bicyclic) bond motifs is 1. The quantitative estimate of drug-likeness (QED) is 0.647. The molecule has 6 nitrogen and oxygen atoms in total. The van der Waals surface area contributed by atoms with Crippen LogP contribution in [0.4, 0.5) is 0 Å². The third kappa shape index (κ3) is 7.26. The number of nitrogens with one attached hydrogen (secondary N) is 1. The van der Waals surface area contributed by atoms with Crippen LogP contribution < -0.4 is 5.32 Å². The van der Waals surface area contributed by atoms with Crippen LogP contribution >= 0.6 is 11.6 Å². The lowest BCUT2D eigenvalue weighted by atomic mass is 9.94. The highest BCUT2D eigenvalue weighted by atomic mass is 35.5. The number of rotatable bonds is 7. The molecule has 0 spiro atoms. The van der Waals surface area contributed by atoms with Crippen molar-refractivity contribution < 1.29 is 19.4 Å². The largest absolute Gasteiger partial charge is 0.389 e. The van der Waals surface area contributed by atoms with E-state index in [1.807, 2.05) is 42.5 Å². The Morgan fingerprint density at radius 3 is 2.64 bits per heavy atom. The molecule has 0 radical (unpaired) electrons. The summed E-state index contributed by atoms with van der Waals surface area (Å²) in [6.45, 7) is 2.57. The normalized spacial score (nSPS) is 26.1. The Morgan fingerprint density at radius 2 is 1.85 bits per heavy atom. The zero-order chi connectivity index (χ0) is 23.0. The van der Waals surface area contributed by atoms with Crippen molar-refractivity contribution in [3.05, 3.63) is 70.7 Å². The maximum Gasteiger partial charge on any atom is 0.222 e. The van der Waals surface area contributed by atoms with E-state index in [9.17, 15) is 9.90 Å². The average molecular weight is 473 g/mol. The third-order valence-corrected chi connectivity index (χ3v) is 6.63. The SMILES string of the molecule is O=C(C[C@H]1CC[C@@H]2[C@H](COC[C@@H](O)CN2Cc2ccc(Cl)cc2)O1)NCCc1ccccc1. The van der Waals surface area contributed by atoms with Crippen molar-refractivity contribution in [1.29, 1.82) is 0 Å². The van der Waals surface area contributed by atoms with E-state index in [4.69, 9.17) is 21.1 Å². The maximum absolute atomic E-state index is 12.5. The molecule has 0 unspecified atom stereocenters. The Labute approximate surface area is 200 Å². The summed E-state index contributed by atoms with van der Waals surface area (Å²) in [7, 11) is 0. The molecule has 0 saturated carbocycles. The van der Waals surface area contributed by atoms with Crippen molar-refractivity contribution in [3.8, 4) is 0 Å². The molecule has 4 rings (SSSR count). The number of hydrogen-bond acceptors (Lipinski definition) is 5. The van der Waals surface area contributed by atoms with E-state index in [-0.39, 0.29) is 30.8 Å². The summed E-state index contributed by atoms with van der Waals surface area (Å²) in [6.07, 6.45) is 2.10. The number of aliphatic hydroxyl groups excluding tert-OH is 1. The molecule has 0 aliphatic carbocycles. The van der Waals surface area contributed by atoms with Gasteiger partial charge < -0.3 is 19.9 Å². The first-order valence-electron chi connectivity index (χ1n) is 11.8. The van der Waals surface area contributed by atoms with Gasteiger partial charge in [-0.25, -0.2) is 0 Å². The number of hydrogen-bond donors (Lipinski definition) is 2. The monoisotopic (exact) mass is 472 g/mol. The molecule has 178 valence electrons. The second kappa shape index (κ2) is 12.0. The highest BCUT2D eigenvalue weighted by Crippen LogP contribution is 2.29. The second-order valence-electron chi connectivity index (χ2n) is 8.98. The Balaban J connectivity index is 1.30. The number of carbonyl (C=O) groups excluding carboxylic acids is 1. The van der Waals surface area contributed by atoms with Crippen LogP contribution in [0.1, 0.15) is 30.4 Å². The molecule has 2 heterocycles. The minimum atomic E-state index is -0.536. The Kier molecular flexibility index (Phi) is 8.75. The van der Waals surface area contributed by atoms with Crippen LogP contribution in [-0.4, -0.2) is 66.6 Å². The molecule has 0 aromatic heterocycles. The van der Waals surface area contributed by atoms with Crippen LogP contribution in [0.3, 0.4) is 0 Å². The molecule has 2 aromatic carbocycles. The molecule has 2 N–H and O–H groups in total. The van der Waals surface area contributed by atoms with Gasteiger partial charge in [-0.1, -0.05) is 54.1 Å². The minimum absolute atomic E-state index is 0.0228. The fraction of sp³-hybridized carbons (Fsp3) is 0.500. The molecule has 2 aliphatic rings. The summed E-state index contributed by atoms with van der Waals surface area (Å²) in [5, 5.41) is 14.1. The summed E-state index contributed by atoms with van der Waals surface area (Å²) < 4.78 is 12.1. The van der Waals surface area contributed by atoms with Crippen molar-refractivity contribution in [2.24, 2.45) is 0 Å². The molecule has 7 heteroatoms. The number of β-amino-alcohol motifs (C(OH)–C–C–N with tert-alkyl or cyclic N) is 1. The molecule has 2 fully saturated rings. The van der Waals surface area contributed by atoms with E-state index in [0.717, 1.165) is 24.8 Å². The van der Waals surface area contributed by atoms with E-state index in [0.29, 0.717) is 37.7 Å². The van der Waals surface area contributed by atoms with Gasteiger partial charge in [0.15, 0.2) is 0 Å². The summed E-state index contributed by atoms with van der Waals surface area (Å²) in [5.41, 5.74) is 2.36. The van der Waals surface area contributed by atoms with Gasteiger partial charge >= 0.3 is 0 Å². The van der Waals surface area contributed by atoms with Gasteiger partial charge in [-0.15, -0.1) is 0 Å². The van der Waals surface area contributed by atoms with E-state index in [2.05, 4.69) is 22.3 Å². The van der Waals surface area contributed by atoms with E-state index >= 15 is 0 Å². The number of halogens is 1. The van der Waals surface area contributed by atoms with Crippen molar-refractivity contribution in [1.82, 2.24) is 10.2 Å². The molecule has 0 bridgehead atoms. The summed E-state index contributed by atoms with van der Waals surface area (Å²) in [6, 6.07) is 18.1. The van der Waals surface area contributed by atoms with Gasteiger partial charge in [-0.05, 0) is 42.5 Å². The van der Waals surface area contributed by atoms with Crippen molar-refractivity contribution in [3.63, 3.8) is 0 Å². The predicted octanol–water partition coefficient (Wildman–Crippen LogP) is 3.20. The fourth-order valence-corrected chi connectivity index (χ4v) is 4.85. The van der Waals surface area contributed by atoms with E-state index in [1.165, 1.54) is 5.56 Å². The molecule has 2 aliphatic heterocycles. The van der Waals surface area contributed by atoms with Crippen LogP contribution in [0, 0.1) is 0 Å². The van der Waals surface area contributed by atoms with Crippen LogP contribution in [0.25, 0.3) is 0 Å².